The maximum atomic E-state index is 11.3. The van der Waals surface area contributed by atoms with Crippen LogP contribution in [-0.4, -0.2) is 43.4 Å². The van der Waals surface area contributed by atoms with Crippen molar-refractivity contribution >= 4 is 29.4 Å². The summed E-state index contributed by atoms with van der Waals surface area (Å²) in [6, 6.07) is 4.72. The zero-order valence-corrected chi connectivity index (χ0v) is 11.7. The highest BCUT2D eigenvalue weighted by molar-refractivity contribution is 6.31. The van der Waals surface area contributed by atoms with E-state index < -0.39 is 12.1 Å². The van der Waals surface area contributed by atoms with Gasteiger partial charge in [-0.05, 0) is 24.6 Å². The first-order valence-corrected chi connectivity index (χ1v) is 6.51. The van der Waals surface area contributed by atoms with Crippen LogP contribution in [0.25, 0.3) is 0 Å². The second-order valence-electron chi connectivity index (χ2n) is 4.53. The lowest BCUT2D eigenvalue weighted by Crippen LogP contribution is -2.37. The lowest BCUT2D eigenvalue weighted by atomic mass is 10.1. The van der Waals surface area contributed by atoms with Gasteiger partial charge in [-0.2, -0.15) is 0 Å². The molecule has 0 saturated carbocycles. The van der Waals surface area contributed by atoms with E-state index in [9.17, 15) is 14.7 Å². The normalized spacial score (nSPS) is 17.9. The van der Waals surface area contributed by atoms with Crippen molar-refractivity contribution in [2.75, 3.05) is 25.1 Å². The number of carbonyl (C=O) groups excluding carboxylic acids is 1. The predicted octanol–water partition coefficient (Wildman–Crippen LogP) is 1.97. The number of rotatable bonds is 3. The third-order valence-electron chi connectivity index (χ3n) is 3.23. The number of carbonyl (C=O) groups is 2. The van der Waals surface area contributed by atoms with E-state index in [4.69, 9.17) is 11.6 Å². The zero-order chi connectivity index (χ0) is 14.7. The van der Waals surface area contributed by atoms with Gasteiger partial charge < -0.3 is 20.1 Å². The van der Waals surface area contributed by atoms with Crippen LogP contribution in [0.5, 0.6) is 0 Å². The first-order valence-electron chi connectivity index (χ1n) is 6.13. The van der Waals surface area contributed by atoms with E-state index in [-0.39, 0.29) is 11.6 Å². The van der Waals surface area contributed by atoms with E-state index in [1.165, 1.54) is 13.2 Å². The van der Waals surface area contributed by atoms with Gasteiger partial charge in [-0.15, -0.1) is 0 Å². The van der Waals surface area contributed by atoms with E-state index in [0.29, 0.717) is 23.8 Å². The number of benzene rings is 1. The first kappa shape index (κ1) is 14.5. The van der Waals surface area contributed by atoms with E-state index in [2.05, 4.69) is 10.1 Å². The number of alkyl carbamates (subject to hydrolysis) is 1. The minimum Gasteiger partial charge on any atom is -0.478 e. The van der Waals surface area contributed by atoms with E-state index >= 15 is 0 Å². The molecule has 1 fully saturated rings. The Kier molecular flexibility index (Phi) is 4.34. The number of nitrogens with one attached hydrogen (secondary N) is 1. The Morgan fingerprint density at radius 1 is 1.50 bits per heavy atom. The molecule has 2 rings (SSSR count). The number of anilines is 1. The van der Waals surface area contributed by atoms with Gasteiger partial charge in [0.2, 0.25) is 0 Å². The second-order valence-corrected chi connectivity index (χ2v) is 4.97. The van der Waals surface area contributed by atoms with Crippen LogP contribution in [0.3, 0.4) is 0 Å². The van der Waals surface area contributed by atoms with Crippen molar-refractivity contribution < 1.29 is 19.4 Å². The highest BCUT2D eigenvalue weighted by Crippen LogP contribution is 2.27. The summed E-state index contributed by atoms with van der Waals surface area (Å²) in [7, 11) is 1.31. The maximum absolute atomic E-state index is 11.3. The topological polar surface area (TPSA) is 78.9 Å². The van der Waals surface area contributed by atoms with Crippen LogP contribution in [0.1, 0.15) is 16.8 Å². The lowest BCUT2D eigenvalue weighted by molar-refractivity contribution is 0.0697. The summed E-state index contributed by atoms with van der Waals surface area (Å²) in [4.78, 5) is 24.3. The Hall–Kier alpha value is -1.95. The van der Waals surface area contributed by atoms with Gasteiger partial charge in [0.15, 0.2) is 0 Å². The van der Waals surface area contributed by atoms with Crippen LogP contribution in [0.4, 0.5) is 10.5 Å². The van der Waals surface area contributed by atoms with Crippen LogP contribution >= 0.6 is 11.6 Å². The molecular formula is C13H15ClN2O4. The van der Waals surface area contributed by atoms with Gasteiger partial charge >= 0.3 is 12.1 Å². The van der Waals surface area contributed by atoms with Crippen molar-refractivity contribution in [2.45, 2.75) is 12.5 Å². The molecule has 1 aliphatic heterocycles. The van der Waals surface area contributed by atoms with Gasteiger partial charge in [0.1, 0.15) is 0 Å². The Labute approximate surface area is 121 Å². The van der Waals surface area contributed by atoms with E-state index in [1.54, 1.807) is 12.1 Å². The van der Waals surface area contributed by atoms with Crippen molar-refractivity contribution in [1.29, 1.82) is 0 Å². The summed E-state index contributed by atoms with van der Waals surface area (Å²) in [6.45, 7) is 1.20. The highest BCUT2D eigenvalue weighted by Gasteiger charge is 2.27. The summed E-state index contributed by atoms with van der Waals surface area (Å²) in [6.07, 6.45) is 0.253. The molecule has 6 nitrogen and oxygen atoms in total. The number of amides is 1. The van der Waals surface area contributed by atoms with Crippen molar-refractivity contribution in [3.63, 3.8) is 0 Å². The Balaban J connectivity index is 2.14. The van der Waals surface area contributed by atoms with Crippen molar-refractivity contribution in [1.82, 2.24) is 5.32 Å². The predicted molar refractivity (Wildman–Crippen MR) is 74.6 cm³/mol. The quantitative estimate of drug-likeness (QED) is 0.892. The summed E-state index contributed by atoms with van der Waals surface area (Å²) in [5.41, 5.74) is 0.771. The first-order chi connectivity index (χ1) is 9.51. The van der Waals surface area contributed by atoms with Gasteiger partial charge in [-0.25, -0.2) is 9.59 Å². The third-order valence-corrected chi connectivity index (χ3v) is 3.46. The van der Waals surface area contributed by atoms with Crippen molar-refractivity contribution in [3.05, 3.63) is 28.8 Å². The fraction of sp³-hybridized carbons (Fsp3) is 0.385. The number of carboxylic acids is 1. The summed E-state index contributed by atoms with van der Waals surface area (Å²) < 4.78 is 4.55. The number of aromatic carboxylic acids is 1. The monoisotopic (exact) mass is 298 g/mol. The number of hydrogen-bond donors (Lipinski definition) is 2. The molecule has 1 unspecified atom stereocenters. The number of halogens is 1. The number of nitrogens with zero attached hydrogens (tertiary/aromatic N) is 1. The number of carboxylic acid groups (broad SMARTS) is 1. The maximum Gasteiger partial charge on any atom is 0.407 e. The van der Waals surface area contributed by atoms with Crippen molar-refractivity contribution in [2.24, 2.45) is 0 Å². The molecule has 0 radical (unpaired) electrons. The van der Waals surface area contributed by atoms with E-state index in [1.807, 2.05) is 4.90 Å². The molecule has 1 aliphatic rings. The molecule has 1 aromatic carbocycles. The molecule has 1 atom stereocenters. The average molecular weight is 299 g/mol. The molecule has 20 heavy (non-hydrogen) atoms. The molecule has 7 heteroatoms. The molecular weight excluding hydrogens is 284 g/mol. The van der Waals surface area contributed by atoms with Gasteiger partial charge in [-0.3, -0.25) is 0 Å². The second kappa shape index (κ2) is 6.00. The number of hydrogen-bond acceptors (Lipinski definition) is 4. The Morgan fingerprint density at radius 3 is 2.90 bits per heavy atom. The van der Waals surface area contributed by atoms with Crippen LogP contribution in [0.2, 0.25) is 5.02 Å². The van der Waals surface area contributed by atoms with Crippen LogP contribution in [0.15, 0.2) is 18.2 Å². The highest BCUT2D eigenvalue weighted by atomic mass is 35.5. The third kappa shape index (κ3) is 3.14. The minimum absolute atomic E-state index is 0.0558. The molecule has 1 saturated heterocycles. The van der Waals surface area contributed by atoms with Crippen LogP contribution in [0, 0.1) is 0 Å². The number of ether oxygens (including phenoxy) is 1. The largest absolute Gasteiger partial charge is 0.478 e. The number of methoxy groups -OCH3 is 1. The molecule has 0 spiro atoms. The molecule has 0 aliphatic carbocycles. The smallest absolute Gasteiger partial charge is 0.407 e. The molecule has 2 N–H and O–H groups in total. The molecule has 108 valence electrons. The standard InChI is InChI=1S/C13H15ClN2O4/c1-20-13(19)15-9-4-5-16(7-9)11-3-2-8(14)6-10(11)12(17)18/h2-3,6,9H,4-5,7H2,1H3,(H,15,19)(H,17,18). The van der Waals surface area contributed by atoms with Gasteiger partial charge in [-0.1, -0.05) is 11.6 Å². The summed E-state index contributed by atoms with van der Waals surface area (Å²) in [5, 5.41) is 12.3. The van der Waals surface area contributed by atoms with Gasteiger partial charge in [0, 0.05) is 18.1 Å². The summed E-state index contributed by atoms with van der Waals surface area (Å²) >= 11 is 5.83. The fourth-order valence-electron chi connectivity index (χ4n) is 2.28. The molecule has 0 bridgehead atoms. The molecule has 1 heterocycles. The molecule has 1 aromatic rings. The SMILES string of the molecule is COC(=O)NC1CCN(c2ccc(Cl)cc2C(=O)O)C1. The lowest BCUT2D eigenvalue weighted by Gasteiger charge is -2.21. The van der Waals surface area contributed by atoms with Crippen molar-refractivity contribution in [3.8, 4) is 0 Å². The average Bonchev–Trinajstić information content (AvgIpc) is 2.86. The minimum atomic E-state index is -1.02. The van der Waals surface area contributed by atoms with Crippen LogP contribution < -0.4 is 10.2 Å². The van der Waals surface area contributed by atoms with Gasteiger partial charge in [0.25, 0.3) is 0 Å². The zero-order valence-electron chi connectivity index (χ0n) is 10.9. The molecule has 0 aromatic heterocycles. The molecule has 1 amide bonds. The fourth-order valence-corrected chi connectivity index (χ4v) is 2.45. The van der Waals surface area contributed by atoms with Gasteiger partial charge in [0.05, 0.1) is 24.4 Å². The summed E-state index contributed by atoms with van der Waals surface area (Å²) in [5.74, 6) is -1.02. The van der Waals surface area contributed by atoms with E-state index in [0.717, 1.165) is 6.42 Å². The Morgan fingerprint density at radius 2 is 2.25 bits per heavy atom. The van der Waals surface area contributed by atoms with Crippen LogP contribution in [-0.2, 0) is 4.74 Å². The Bertz CT molecular complexity index is 535.